The van der Waals surface area contributed by atoms with Crippen LogP contribution in [0.25, 0.3) is 0 Å². The van der Waals surface area contributed by atoms with Crippen molar-refractivity contribution in [3.8, 4) is 0 Å². The fourth-order valence-electron chi connectivity index (χ4n) is 1.18. The van der Waals surface area contributed by atoms with Crippen LogP contribution in [0.3, 0.4) is 0 Å². The molecule has 0 aromatic heterocycles. The molecule has 1 aromatic carbocycles. The standard InChI is InChI=1S/C11H13NO4/c1-8(14)12-10-5-3-2-4-9(10)11(15)16-7-6-13/h2-5,13H,6-7H2,1H3,(H,12,14). The van der Waals surface area contributed by atoms with E-state index in [4.69, 9.17) is 9.84 Å². The van der Waals surface area contributed by atoms with Crippen LogP contribution in [0.4, 0.5) is 5.69 Å². The Balaban J connectivity index is 2.85. The zero-order chi connectivity index (χ0) is 12.0. The number of carbonyl (C=O) groups excluding carboxylic acids is 2. The van der Waals surface area contributed by atoms with Gasteiger partial charge in [0, 0.05) is 6.92 Å². The lowest BCUT2D eigenvalue weighted by molar-refractivity contribution is -0.114. The summed E-state index contributed by atoms with van der Waals surface area (Å²) in [5.74, 6) is -0.833. The number of amides is 1. The fraction of sp³-hybridized carbons (Fsp3) is 0.273. The number of benzene rings is 1. The highest BCUT2D eigenvalue weighted by Crippen LogP contribution is 2.15. The number of esters is 1. The number of aliphatic hydroxyl groups is 1. The van der Waals surface area contributed by atoms with E-state index in [1.165, 1.54) is 6.92 Å². The van der Waals surface area contributed by atoms with E-state index in [0.29, 0.717) is 5.69 Å². The summed E-state index contributed by atoms with van der Waals surface area (Å²) in [6.45, 7) is 1.07. The monoisotopic (exact) mass is 223 g/mol. The first-order chi connectivity index (χ1) is 7.65. The van der Waals surface area contributed by atoms with Crippen LogP contribution in [-0.2, 0) is 9.53 Å². The summed E-state index contributed by atoms with van der Waals surface area (Å²) in [6, 6.07) is 6.52. The Morgan fingerprint density at radius 1 is 1.38 bits per heavy atom. The van der Waals surface area contributed by atoms with Crippen LogP contribution in [0, 0.1) is 0 Å². The molecule has 0 aliphatic rings. The first-order valence-corrected chi connectivity index (χ1v) is 4.79. The second kappa shape index (κ2) is 5.87. The lowest BCUT2D eigenvalue weighted by atomic mass is 10.2. The topological polar surface area (TPSA) is 75.6 Å². The molecule has 0 atom stereocenters. The van der Waals surface area contributed by atoms with Gasteiger partial charge in [-0.3, -0.25) is 4.79 Å². The van der Waals surface area contributed by atoms with Gasteiger partial charge < -0.3 is 15.2 Å². The molecule has 1 rings (SSSR count). The van der Waals surface area contributed by atoms with Gasteiger partial charge in [0.2, 0.25) is 5.91 Å². The molecule has 5 nitrogen and oxygen atoms in total. The highest BCUT2D eigenvalue weighted by molar-refractivity contribution is 6.00. The first kappa shape index (κ1) is 12.2. The number of hydrogen-bond acceptors (Lipinski definition) is 4. The summed E-state index contributed by atoms with van der Waals surface area (Å²) in [6.07, 6.45) is 0. The lowest BCUT2D eigenvalue weighted by Gasteiger charge is -2.08. The number of anilines is 1. The van der Waals surface area contributed by atoms with Crippen LogP contribution in [0.2, 0.25) is 0 Å². The summed E-state index contributed by atoms with van der Waals surface area (Å²) in [5, 5.41) is 11.1. The maximum absolute atomic E-state index is 11.5. The predicted octanol–water partition coefficient (Wildman–Crippen LogP) is 0.794. The van der Waals surface area contributed by atoms with Gasteiger partial charge in [0.05, 0.1) is 17.9 Å². The van der Waals surface area contributed by atoms with Gasteiger partial charge in [0.1, 0.15) is 6.61 Å². The summed E-state index contributed by atoms with van der Waals surface area (Å²) in [7, 11) is 0. The Morgan fingerprint density at radius 2 is 2.06 bits per heavy atom. The van der Waals surface area contributed by atoms with Crippen molar-refractivity contribution < 1.29 is 19.4 Å². The molecule has 0 spiro atoms. The number of para-hydroxylation sites is 1. The van der Waals surface area contributed by atoms with E-state index < -0.39 is 5.97 Å². The molecule has 0 radical (unpaired) electrons. The summed E-state index contributed by atoms with van der Waals surface area (Å²) in [4.78, 5) is 22.4. The van der Waals surface area contributed by atoms with Gasteiger partial charge in [-0.1, -0.05) is 12.1 Å². The second-order valence-corrected chi connectivity index (χ2v) is 3.09. The molecule has 0 saturated carbocycles. The van der Waals surface area contributed by atoms with Crippen molar-refractivity contribution in [1.29, 1.82) is 0 Å². The minimum absolute atomic E-state index is 0.0623. The highest BCUT2D eigenvalue weighted by Gasteiger charge is 2.12. The largest absolute Gasteiger partial charge is 0.460 e. The van der Waals surface area contributed by atoms with E-state index in [1.54, 1.807) is 24.3 Å². The molecule has 5 heteroatoms. The Hall–Kier alpha value is -1.88. The predicted molar refractivity (Wildman–Crippen MR) is 58.1 cm³/mol. The van der Waals surface area contributed by atoms with Gasteiger partial charge in [-0.05, 0) is 12.1 Å². The van der Waals surface area contributed by atoms with Gasteiger partial charge in [-0.15, -0.1) is 0 Å². The zero-order valence-corrected chi connectivity index (χ0v) is 8.90. The van der Waals surface area contributed by atoms with Crippen LogP contribution < -0.4 is 5.32 Å². The van der Waals surface area contributed by atoms with Crippen molar-refractivity contribution in [1.82, 2.24) is 0 Å². The lowest BCUT2D eigenvalue weighted by Crippen LogP contribution is -2.14. The number of ether oxygens (including phenoxy) is 1. The van der Waals surface area contributed by atoms with E-state index in [9.17, 15) is 9.59 Å². The van der Waals surface area contributed by atoms with Crippen LogP contribution in [-0.4, -0.2) is 30.2 Å². The smallest absolute Gasteiger partial charge is 0.340 e. The third-order valence-electron chi connectivity index (χ3n) is 1.78. The SMILES string of the molecule is CC(=O)Nc1ccccc1C(=O)OCCO. The molecule has 0 fully saturated rings. The third-order valence-corrected chi connectivity index (χ3v) is 1.78. The highest BCUT2D eigenvalue weighted by atomic mass is 16.5. The quantitative estimate of drug-likeness (QED) is 0.740. The number of carbonyl (C=O) groups is 2. The van der Waals surface area contributed by atoms with Crippen molar-refractivity contribution in [2.45, 2.75) is 6.92 Å². The zero-order valence-electron chi connectivity index (χ0n) is 8.90. The number of nitrogens with one attached hydrogen (secondary N) is 1. The molecule has 0 bridgehead atoms. The van der Waals surface area contributed by atoms with Gasteiger partial charge in [0.15, 0.2) is 0 Å². The molecule has 2 N–H and O–H groups in total. The fourth-order valence-corrected chi connectivity index (χ4v) is 1.18. The maximum atomic E-state index is 11.5. The molecule has 0 aliphatic carbocycles. The van der Waals surface area contributed by atoms with Crippen molar-refractivity contribution in [2.24, 2.45) is 0 Å². The molecule has 86 valence electrons. The van der Waals surface area contributed by atoms with Crippen LogP contribution in [0.15, 0.2) is 24.3 Å². The van der Waals surface area contributed by atoms with Gasteiger partial charge in [0.25, 0.3) is 0 Å². The Bertz CT molecular complexity index is 389. The maximum Gasteiger partial charge on any atom is 0.340 e. The molecule has 0 saturated heterocycles. The molecular weight excluding hydrogens is 210 g/mol. The van der Waals surface area contributed by atoms with E-state index in [2.05, 4.69) is 5.32 Å². The Labute approximate surface area is 93.0 Å². The van der Waals surface area contributed by atoms with Crippen LogP contribution >= 0.6 is 0 Å². The second-order valence-electron chi connectivity index (χ2n) is 3.09. The van der Waals surface area contributed by atoms with E-state index >= 15 is 0 Å². The molecule has 16 heavy (non-hydrogen) atoms. The number of hydrogen-bond donors (Lipinski definition) is 2. The molecule has 0 aliphatic heterocycles. The van der Waals surface area contributed by atoms with E-state index in [1.807, 2.05) is 0 Å². The molecule has 1 aromatic rings. The Morgan fingerprint density at radius 3 is 2.69 bits per heavy atom. The normalized spacial score (nSPS) is 9.62. The van der Waals surface area contributed by atoms with Gasteiger partial charge >= 0.3 is 5.97 Å². The van der Waals surface area contributed by atoms with Crippen molar-refractivity contribution >= 4 is 17.6 Å². The summed E-state index contributed by atoms with van der Waals surface area (Å²) in [5.41, 5.74) is 0.670. The minimum Gasteiger partial charge on any atom is -0.460 e. The minimum atomic E-state index is -0.571. The average Bonchev–Trinajstić information content (AvgIpc) is 2.26. The van der Waals surface area contributed by atoms with E-state index in [-0.39, 0.29) is 24.7 Å². The van der Waals surface area contributed by atoms with Gasteiger partial charge in [-0.25, -0.2) is 4.79 Å². The van der Waals surface area contributed by atoms with Crippen LogP contribution in [0.5, 0.6) is 0 Å². The third kappa shape index (κ3) is 3.36. The van der Waals surface area contributed by atoms with Crippen molar-refractivity contribution in [3.05, 3.63) is 29.8 Å². The molecule has 0 heterocycles. The average molecular weight is 223 g/mol. The van der Waals surface area contributed by atoms with Crippen molar-refractivity contribution in [3.63, 3.8) is 0 Å². The molecular formula is C11H13NO4. The summed E-state index contributed by atoms with van der Waals surface area (Å²) >= 11 is 0. The van der Waals surface area contributed by atoms with Crippen LogP contribution in [0.1, 0.15) is 17.3 Å². The number of aliphatic hydroxyl groups excluding tert-OH is 1. The van der Waals surface area contributed by atoms with Crippen molar-refractivity contribution in [2.75, 3.05) is 18.5 Å². The molecule has 0 unspecified atom stereocenters. The Kier molecular flexibility index (Phi) is 4.47. The number of rotatable bonds is 4. The first-order valence-electron chi connectivity index (χ1n) is 4.79. The van der Waals surface area contributed by atoms with E-state index in [0.717, 1.165) is 0 Å². The van der Waals surface area contributed by atoms with Gasteiger partial charge in [-0.2, -0.15) is 0 Å². The molecule has 1 amide bonds. The summed E-state index contributed by atoms with van der Waals surface area (Å²) < 4.78 is 4.76.